The molecular weight excluding hydrogens is 379 g/mol. The Morgan fingerprint density at radius 2 is 1.19 bits per heavy atom. The zero-order chi connectivity index (χ0) is 18.8. The van der Waals surface area contributed by atoms with Crippen molar-refractivity contribution >= 4 is 35.1 Å². The van der Waals surface area contributed by atoms with E-state index in [-0.39, 0.29) is 23.8 Å². The van der Waals surface area contributed by atoms with Gasteiger partial charge in [0, 0.05) is 11.8 Å². The van der Waals surface area contributed by atoms with Gasteiger partial charge in [0.25, 0.3) is 0 Å². The van der Waals surface area contributed by atoms with Crippen LogP contribution in [-0.2, 0) is 9.47 Å². The van der Waals surface area contributed by atoms with Crippen molar-refractivity contribution in [3.63, 3.8) is 0 Å². The number of carbonyl (C=O) groups is 2. The number of hydrogen-bond acceptors (Lipinski definition) is 6. The van der Waals surface area contributed by atoms with Gasteiger partial charge in [-0.2, -0.15) is 0 Å². The van der Waals surface area contributed by atoms with Gasteiger partial charge in [-0.05, 0) is 24.3 Å². The summed E-state index contributed by atoms with van der Waals surface area (Å²) in [4.78, 5) is 30.7. The average molecular weight is 395 g/mol. The Hall–Kier alpha value is -2.18. The lowest BCUT2D eigenvalue weighted by Crippen LogP contribution is -2.22. The monoisotopic (exact) mass is 394 g/mol. The molecule has 2 aromatic heterocycles. The molecule has 0 aliphatic carbocycles. The van der Waals surface area contributed by atoms with Gasteiger partial charge in [0.15, 0.2) is 0 Å². The maximum Gasteiger partial charge on any atom is 0.340 e. The lowest BCUT2D eigenvalue weighted by molar-refractivity contribution is 0.0436. The molecule has 8 heteroatoms. The Morgan fingerprint density at radius 3 is 1.58 bits per heavy atom. The number of cyclic esters (lactones) is 2. The van der Waals surface area contributed by atoms with E-state index in [4.69, 9.17) is 32.7 Å². The van der Waals surface area contributed by atoms with Gasteiger partial charge in [-0.15, -0.1) is 0 Å². The summed E-state index contributed by atoms with van der Waals surface area (Å²) in [6, 6.07) is 6.50. The van der Waals surface area contributed by atoms with Gasteiger partial charge < -0.3 is 9.47 Å². The van der Waals surface area contributed by atoms with Gasteiger partial charge in [0.05, 0.1) is 35.7 Å². The first-order valence-corrected chi connectivity index (χ1v) is 8.79. The van der Waals surface area contributed by atoms with E-state index < -0.39 is 0 Å². The molecule has 4 heterocycles. The molecule has 4 rings (SSSR count). The van der Waals surface area contributed by atoms with Crippen LogP contribution in [0.5, 0.6) is 0 Å². The van der Waals surface area contributed by atoms with Gasteiger partial charge in [-0.25, -0.2) is 19.6 Å². The van der Waals surface area contributed by atoms with E-state index in [1.54, 1.807) is 24.3 Å². The molecule has 0 bridgehead atoms. The molecule has 0 radical (unpaired) electrons. The van der Waals surface area contributed by atoms with Crippen molar-refractivity contribution in [3.05, 3.63) is 57.1 Å². The Balaban J connectivity index is 0.000000151. The number of pyridine rings is 2. The molecule has 0 amide bonds. The fourth-order valence-electron chi connectivity index (χ4n) is 2.71. The first-order chi connectivity index (χ1) is 12.4. The van der Waals surface area contributed by atoms with Crippen LogP contribution in [0.3, 0.4) is 0 Å². The fourth-order valence-corrected chi connectivity index (χ4v) is 3.02. The van der Waals surface area contributed by atoms with Crippen molar-refractivity contribution in [3.8, 4) is 0 Å². The number of esters is 2. The van der Waals surface area contributed by atoms with Crippen molar-refractivity contribution in [2.45, 2.75) is 25.7 Å². The summed E-state index contributed by atoms with van der Waals surface area (Å²) in [7, 11) is 0. The van der Waals surface area contributed by atoms with Crippen LogP contribution in [0.4, 0.5) is 0 Å². The quantitative estimate of drug-likeness (QED) is 0.495. The standard InChI is InChI=1S/2C9H8ClNO2/c2*1-5-4-13-9(12)6-2-3-7(10)11-8(5)6/h2*2-3,5H,4H2,1H3/t5-;/m1./s1. The zero-order valence-corrected chi connectivity index (χ0v) is 15.7. The van der Waals surface area contributed by atoms with Gasteiger partial charge in [-0.3, -0.25) is 0 Å². The summed E-state index contributed by atoms with van der Waals surface area (Å²) >= 11 is 11.5. The molecular formula is C18H16Cl2N2O4. The Kier molecular flexibility index (Phi) is 5.44. The molecule has 2 aliphatic heterocycles. The van der Waals surface area contributed by atoms with E-state index in [2.05, 4.69) is 9.97 Å². The molecule has 136 valence electrons. The second-order valence-corrected chi connectivity index (χ2v) is 6.91. The van der Waals surface area contributed by atoms with Crippen LogP contribution < -0.4 is 0 Å². The van der Waals surface area contributed by atoms with Crippen molar-refractivity contribution in [2.75, 3.05) is 13.2 Å². The van der Waals surface area contributed by atoms with E-state index in [1.807, 2.05) is 13.8 Å². The highest BCUT2D eigenvalue weighted by molar-refractivity contribution is 6.29. The van der Waals surface area contributed by atoms with E-state index in [0.717, 1.165) is 11.4 Å². The minimum atomic E-state index is -0.308. The normalized spacial score (nSPS) is 20.8. The zero-order valence-electron chi connectivity index (χ0n) is 14.2. The fraction of sp³-hybridized carbons (Fsp3) is 0.333. The number of nitrogens with zero attached hydrogens (tertiary/aromatic N) is 2. The molecule has 0 saturated carbocycles. The first-order valence-electron chi connectivity index (χ1n) is 8.04. The first kappa shape index (κ1) is 18.6. The maximum absolute atomic E-state index is 11.2. The minimum absolute atomic E-state index is 0.131. The average Bonchev–Trinajstić information content (AvgIpc) is 2.62. The molecule has 2 atom stereocenters. The van der Waals surface area contributed by atoms with Crippen LogP contribution in [0.15, 0.2) is 24.3 Å². The lowest BCUT2D eigenvalue weighted by atomic mass is 10.0. The van der Waals surface area contributed by atoms with Gasteiger partial charge in [0.1, 0.15) is 10.3 Å². The van der Waals surface area contributed by atoms with Crippen molar-refractivity contribution < 1.29 is 19.1 Å². The third-order valence-electron chi connectivity index (χ3n) is 4.08. The molecule has 1 unspecified atom stereocenters. The van der Waals surface area contributed by atoms with Crippen molar-refractivity contribution in [1.82, 2.24) is 9.97 Å². The van der Waals surface area contributed by atoms with Crippen LogP contribution in [0.1, 0.15) is 57.8 Å². The Morgan fingerprint density at radius 1 is 0.808 bits per heavy atom. The minimum Gasteiger partial charge on any atom is -0.461 e. The largest absolute Gasteiger partial charge is 0.461 e. The second-order valence-electron chi connectivity index (χ2n) is 6.13. The third kappa shape index (κ3) is 3.81. The molecule has 0 aromatic carbocycles. The van der Waals surface area contributed by atoms with Crippen LogP contribution in [0.25, 0.3) is 0 Å². The molecule has 0 saturated heterocycles. The van der Waals surface area contributed by atoms with Crippen molar-refractivity contribution in [1.29, 1.82) is 0 Å². The van der Waals surface area contributed by atoms with Gasteiger partial charge >= 0.3 is 11.9 Å². The maximum atomic E-state index is 11.2. The van der Waals surface area contributed by atoms with Crippen LogP contribution in [-0.4, -0.2) is 35.1 Å². The number of fused-ring (bicyclic) bond motifs is 2. The number of hydrogen-bond donors (Lipinski definition) is 0. The highest BCUT2D eigenvalue weighted by Gasteiger charge is 2.26. The molecule has 0 spiro atoms. The van der Waals surface area contributed by atoms with E-state index >= 15 is 0 Å². The topological polar surface area (TPSA) is 78.4 Å². The molecule has 6 nitrogen and oxygen atoms in total. The molecule has 2 aliphatic rings. The predicted octanol–water partition coefficient (Wildman–Crippen LogP) is 4.02. The molecule has 26 heavy (non-hydrogen) atoms. The van der Waals surface area contributed by atoms with Gasteiger partial charge in [0.2, 0.25) is 0 Å². The SMILES string of the molecule is CC1COC(=O)c2ccc(Cl)nc21.C[C@@H]1COC(=O)c2ccc(Cl)nc21. The van der Waals surface area contributed by atoms with E-state index in [0.29, 0.717) is 34.6 Å². The number of ether oxygens (including phenoxy) is 2. The molecule has 0 fully saturated rings. The van der Waals surface area contributed by atoms with Crippen LogP contribution >= 0.6 is 23.2 Å². The Labute approximate surface area is 160 Å². The summed E-state index contributed by atoms with van der Waals surface area (Å²) in [6.45, 7) is 4.68. The summed E-state index contributed by atoms with van der Waals surface area (Å²) in [6.07, 6.45) is 0. The number of rotatable bonds is 0. The lowest BCUT2D eigenvalue weighted by Gasteiger charge is -2.20. The molecule has 2 aromatic rings. The van der Waals surface area contributed by atoms with Crippen LogP contribution in [0, 0.1) is 0 Å². The number of aromatic nitrogens is 2. The number of carbonyl (C=O) groups excluding carboxylic acids is 2. The summed E-state index contributed by atoms with van der Waals surface area (Å²) in [5.41, 5.74) is 2.54. The second kappa shape index (κ2) is 7.60. The summed E-state index contributed by atoms with van der Waals surface area (Å²) in [5.74, 6) is -0.354. The van der Waals surface area contributed by atoms with Crippen molar-refractivity contribution in [2.24, 2.45) is 0 Å². The van der Waals surface area contributed by atoms with Gasteiger partial charge in [-0.1, -0.05) is 37.0 Å². The Bertz CT molecular complexity index is 801. The van der Waals surface area contributed by atoms with Crippen LogP contribution in [0.2, 0.25) is 10.3 Å². The smallest absolute Gasteiger partial charge is 0.340 e. The highest BCUT2D eigenvalue weighted by Crippen LogP contribution is 2.26. The third-order valence-corrected chi connectivity index (χ3v) is 4.50. The summed E-state index contributed by atoms with van der Waals surface area (Å²) in [5, 5.41) is 0.834. The molecule has 0 N–H and O–H groups in total. The number of halogens is 2. The summed E-state index contributed by atoms with van der Waals surface area (Å²) < 4.78 is 9.87. The van der Waals surface area contributed by atoms with E-state index in [9.17, 15) is 9.59 Å². The van der Waals surface area contributed by atoms with E-state index in [1.165, 1.54) is 0 Å². The predicted molar refractivity (Wildman–Crippen MR) is 95.9 cm³/mol. The highest BCUT2D eigenvalue weighted by atomic mass is 35.5.